The van der Waals surface area contributed by atoms with Crippen molar-refractivity contribution in [2.75, 3.05) is 13.1 Å². The van der Waals surface area contributed by atoms with Crippen LogP contribution < -0.4 is 5.73 Å². The smallest absolute Gasteiger partial charge is 0.0951 e. The van der Waals surface area contributed by atoms with Crippen LogP contribution in [0.1, 0.15) is 63.7 Å². The highest BCUT2D eigenvalue weighted by molar-refractivity contribution is 5.11. The van der Waals surface area contributed by atoms with E-state index in [9.17, 15) is 0 Å². The molecule has 2 saturated carbocycles. The third kappa shape index (κ3) is 3.07. The lowest BCUT2D eigenvalue weighted by Gasteiger charge is -2.32. The minimum atomic E-state index is 0.351. The van der Waals surface area contributed by atoms with Crippen LogP contribution in [-0.2, 0) is 0 Å². The molecule has 0 aromatic carbocycles. The molecule has 4 heteroatoms. The number of imidazole rings is 1. The molecule has 112 valence electrons. The highest BCUT2D eigenvalue weighted by Crippen LogP contribution is 2.40. The maximum absolute atomic E-state index is 6.14. The van der Waals surface area contributed by atoms with E-state index in [1.165, 1.54) is 44.3 Å². The molecule has 0 amide bonds. The molecule has 2 N–H and O–H groups in total. The number of rotatable bonds is 8. The van der Waals surface area contributed by atoms with E-state index in [2.05, 4.69) is 28.3 Å². The molecule has 1 aromatic rings. The summed E-state index contributed by atoms with van der Waals surface area (Å²) in [6.07, 6.45) is 10.6. The van der Waals surface area contributed by atoms with Gasteiger partial charge in [0.15, 0.2) is 0 Å². The Labute approximate surface area is 122 Å². The first kappa shape index (κ1) is 14.1. The minimum Gasteiger partial charge on any atom is -0.330 e. The fourth-order valence-corrected chi connectivity index (χ4v) is 3.06. The predicted molar refractivity (Wildman–Crippen MR) is 81.5 cm³/mol. The Bertz CT molecular complexity index is 431. The van der Waals surface area contributed by atoms with E-state index in [-0.39, 0.29) is 0 Å². The zero-order chi connectivity index (χ0) is 14.1. The Morgan fingerprint density at radius 3 is 2.65 bits per heavy atom. The first-order valence-corrected chi connectivity index (χ1v) is 8.18. The SMILES string of the molecule is CC(C)CCN(C1CC1)C(CN)c1cncn1C1CC1. The molecule has 0 bridgehead atoms. The average molecular weight is 276 g/mol. The summed E-state index contributed by atoms with van der Waals surface area (Å²) in [4.78, 5) is 7.04. The predicted octanol–water partition coefficient (Wildman–Crippen LogP) is 2.73. The van der Waals surface area contributed by atoms with Gasteiger partial charge in [0.2, 0.25) is 0 Å². The summed E-state index contributed by atoms with van der Waals surface area (Å²) in [5, 5.41) is 0. The third-order valence-corrected chi connectivity index (χ3v) is 4.58. The van der Waals surface area contributed by atoms with Gasteiger partial charge in [0, 0.05) is 24.8 Å². The van der Waals surface area contributed by atoms with Crippen LogP contribution >= 0.6 is 0 Å². The zero-order valence-electron chi connectivity index (χ0n) is 12.8. The van der Waals surface area contributed by atoms with Crippen molar-refractivity contribution in [2.45, 2.75) is 64.1 Å². The largest absolute Gasteiger partial charge is 0.330 e. The van der Waals surface area contributed by atoms with Crippen LogP contribution in [0.2, 0.25) is 0 Å². The maximum atomic E-state index is 6.14. The van der Waals surface area contributed by atoms with E-state index in [1.807, 2.05) is 12.5 Å². The Morgan fingerprint density at radius 2 is 2.10 bits per heavy atom. The monoisotopic (exact) mass is 276 g/mol. The van der Waals surface area contributed by atoms with Gasteiger partial charge in [-0.05, 0) is 44.6 Å². The lowest BCUT2D eigenvalue weighted by Crippen LogP contribution is -2.37. The maximum Gasteiger partial charge on any atom is 0.0951 e. The van der Waals surface area contributed by atoms with E-state index < -0.39 is 0 Å². The Morgan fingerprint density at radius 1 is 1.35 bits per heavy atom. The van der Waals surface area contributed by atoms with Crippen molar-refractivity contribution in [3.05, 3.63) is 18.2 Å². The molecule has 0 spiro atoms. The van der Waals surface area contributed by atoms with Gasteiger partial charge in [0.1, 0.15) is 0 Å². The molecule has 1 unspecified atom stereocenters. The van der Waals surface area contributed by atoms with E-state index in [0.717, 1.165) is 12.0 Å². The summed E-state index contributed by atoms with van der Waals surface area (Å²) >= 11 is 0. The van der Waals surface area contributed by atoms with Gasteiger partial charge in [-0.25, -0.2) is 4.98 Å². The molecule has 2 aliphatic carbocycles. The highest BCUT2D eigenvalue weighted by Gasteiger charge is 2.36. The second kappa shape index (κ2) is 5.86. The van der Waals surface area contributed by atoms with E-state index >= 15 is 0 Å². The molecule has 1 atom stereocenters. The summed E-state index contributed by atoms with van der Waals surface area (Å²) in [7, 11) is 0. The van der Waals surface area contributed by atoms with Crippen LogP contribution in [0.5, 0.6) is 0 Å². The van der Waals surface area contributed by atoms with Gasteiger partial charge in [0.05, 0.1) is 18.1 Å². The van der Waals surface area contributed by atoms with Crippen molar-refractivity contribution in [3.8, 4) is 0 Å². The molecule has 1 heterocycles. The van der Waals surface area contributed by atoms with Crippen molar-refractivity contribution in [1.82, 2.24) is 14.5 Å². The molecule has 3 rings (SSSR count). The summed E-state index contributed by atoms with van der Waals surface area (Å²) < 4.78 is 2.38. The Balaban J connectivity index is 1.76. The van der Waals surface area contributed by atoms with Gasteiger partial charge in [-0.3, -0.25) is 4.90 Å². The lowest BCUT2D eigenvalue weighted by molar-refractivity contribution is 0.174. The first-order valence-electron chi connectivity index (χ1n) is 8.18. The van der Waals surface area contributed by atoms with Crippen molar-refractivity contribution in [3.63, 3.8) is 0 Å². The van der Waals surface area contributed by atoms with E-state index in [1.54, 1.807) is 0 Å². The molecule has 0 radical (unpaired) electrons. The Kier molecular flexibility index (Phi) is 4.13. The molecule has 0 saturated heterocycles. The molecule has 2 aliphatic rings. The molecule has 20 heavy (non-hydrogen) atoms. The number of nitrogens with two attached hydrogens (primary N) is 1. The van der Waals surface area contributed by atoms with Gasteiger partial charge in [0.25, 0.3) is 0 Å². The van der Waals surface area contributed by atoms with Gasteiger partial charge < -0.3 is 10.3 Å². The molecular formula is C16H28N4. The van der Waals surface area contributed by atoms with Gasteiger partial charge in [-0.2, -0.15) is 0 Å². The summed E-state index contributed by atoms with van der Waals surface area (Å²) in [5.74, 6) is 0.753. The number of aromatic nitrogens is 2. The van der Waals surface area contributed by atoms with E-state index in [4.69, 9.17) is 5.73 Å². The van der Waals surface area contributed by atoms with Crippen molar-refractivity contribution >= 4 is 0 Å². The average Bonchev–Trinajstić information content (AvgIpc) is 3.34. The third-order valence-electron chi connectivity index (χ3n) is 4.58. The second-order valence-electron chi connectivity index (χ2n) is 6.86. The van der Waals surface area contributed by atoms with Crippen molar-refractivity contribution in [2.24, 2.45) is 11.7 Å². The highest BCUT2D eigenvalue weighted by atomic mass is 15.2. The molecule has 4 nitrogen and oxygen atoms in total. The topological polar surface area (TPSA) is 47.1 Å². The lowest BCUT2D eigenvalue weighted by atomic mass is 10.1. The van der Waals surface area contributed by atoms with Crippen LogP contribution in [0.4, 0.5) is 0 Å². The van der Waals surface area contributed by atoms with Gasteiger partial charge in [-0.15, -0.1) is 0 Å². The molecular weight excluding hydrogens is 248 g/mol. The van der Waals surface area contributed by atoms with Crippen LogP contribution in [0.25, 0.3) is 0 Å². The van der Waals surface area contributed by atoms with Crippen molar-refractivity contribution in [1.29, 1.82) is 0 Å². The second-order valence-corrected chi connectivity index (χ2v) is 6.86. The zero-order valence-corrected chi connectivity index (χ0v) is 12.8. The molecule has 0 aliphatic heterocycles. The van der Waals surface area contributed by atoms with Crippen LogP contribution in [-0.4, -0.2) is 33.6 Å². The Hall–Kier alpha value is -0.870. The summed E-state index contributed by atoms with van der Waals surface area (Å²) in [6.45, 7) is 6.47. The normalized spacial score (nSPS) is 20.9. The summed E-state index contributed by atoms with van der Waals surface area (Å²) in [6, 6.07) is 1.79. The number of nitrogens with zero attached hydrogens (tertiary/aromatic N) is 3. The van der Waals surface area contributed by atoms with Gasteiger partial charge in [-0.1, -0.05) is 13.8 Å². The first-order chi connectivity index (χ1) is 9.70. The quantitative estimate of drug-likeness (QED) is 0.794. The van der Waals surface area contributed by atoms with Crippen molar-refractivity contribution < 1.29 is 0 Å². The fourth-order valence-electron chi connectivity index (χ4n) is 3.06. The number of hydrogen-bond donors (Lipinski definition) is 1. The number of hydrogen-bond acceptors (Lipinski definition) is 3. The molecule has 2 fully saturated rings. The standard InChI is InChI=1S/C16H28N4/c1-12(2)7-8-19(13-3-4-13)15(9-17)16-10-18-11-20(16)14-5-6-14/h10-15H,3-9,17H2,1-2H3. The summed E-state index contributed by atoms with van der Waals surface area (Å²) in [5.41, 5.74) is 7.48. The van der Waals surface area contributed by atoms with Gasteiger partial charge >= 0.3 is 0 Å². The molecule has 1 aromatic heterocycles. The van der Waals surface area contributed by atoms with E-state index in [0.29, 0.717) is 18.6 Å². The minimum absolute atomic E-state index is 0.351. The fraction of sp³-hybridized carbons (Fsp3) is 0.812. The van der Waals surface area contributed by atoms with Crippen LogP contribution in [0.3, 0.4) is 0 Å². The van der Waals surface area contributed by atoms with Crippen LogP contribution in [0.15, 0.2) is 12.5 Å². The van der Waals surface area contributed by atoms with Crippen LogP contribution in [0, 0.1) is 5.92 Å².